The van der Waals surface area contributed by atoms with Crippen molar-refractivity contribution in [3.63, 3.8) is 0 Å². The standard InChI is InChI=1S/C14H22N2O/c1-11-5-6-12(10-16-11)14(15-2)8-7-13-4-3-9-17-13/h5-6,10,13-15H,3-4,7-9H2,1-2H3. The van der Waals surface area contributed by atoms with Gasteiger partial charge in [-0.3, -0.25) is 4.98 Å². The van der Waals surface area contributed by atoms with Crippen LogP contribution in [0.2, 0.25) is 0 Å². The van der Waals surface area contributed by atoms with Crippen molar-refractivity contribution in [3.05, 3.63) is 29.6 Å². The van der Waals surface area contributed by atoms with E-state index in [2.05, 4.69) is 22.4 Å². The fourth-order valence-corrected chi connectivity index (χ4v) is 2.39. The molecule has 3 heteroatoms. The second-order valence-corrected chi connectivity index (χ2v) is 4.79. The third-order valence-electron chi connectivity index (χ3n) is 3.49. The zero-order valence-electron chi connectivity index (χ0n) is 10.8. The van der Waals surface area contributed by atoms with Gasteiger partial charge in [-0.15, -0.1) is 0 Å². The van der Waals surface area contributed by atoms with Gasteiger partial charge in [-0.2, -0.15) is 0 Å². The first-order valence-electron chi connectivity index (χ1n) is 6.51. The van der Waals surface area contributed by atoms with Gasteiger partial charge in [0.15, 0.2) is 0 Å². The van der Waals surface area contributed by atoms with Crippen LogP contribution in [0.1, 0.15) is 43.0 Å². The van der Waals surface area contributed by atoms with Crippen LogP contribution in [0.3, 0.4) is 0 Å². The van der Waals surface area contributed by atoms with Crippen LogP contribution in [0.4, 0.5) is 0 Å². The molecule has 1 aromatic rings. The average Bonchev–Trinajstić information content (AvgIpc) is 2.85. The minimum atomic E-state index is 0.396. The molecule has 0 aliphatic carbocycles. The molecule has 2 rings (SSSR count). The van der Waals surface area contributed by atoms with Crippen molar-refractivity contribution in [3.8, 4) is 0 Å². The summed E-state index contributed by atoms with van der Waals surface area (Å²) in [4.78, 5) is 4.36. The van der Waals surface area contributed by atoms with E-state index in [1.165, 1.54) is 18.4 Å². The summed E-state index contributed by atoms with van der Waals surface area (Å²) in [6, 6.07) is 4.64. The van der Waals surface area contributed by atoms with E-state index in [4.69, 9.17) is 4.74 Å². The zero-order chi connectivity index (χ0) is 12.1. The molecule has 94 valence electrons. The van der Waals surface area contributed by atoms with Crippen LogP contribution in [0.5, 0.6) is 0 Å². The van der Waals surface area contributed by atoms with Crippen molar-refractivity contribution in [2.45, 2.75) is 44.8 Å². The molecule has 17 heavy (non-hydrogen) atoms. The maximum Gasteiger partial charge on any atom is 0.0576 e. The van der Waals surface area contributed by atoms with Gasteiger partial charge in [0.1, 0.15) is 0 Å². The number of aryl methyl sites for hydroxylation is 1. The van der Waals surface area contributed by atoms with Crippen molar-refractivity contribution in [1.82, 2.24) is 10.3 Å². The quantitative estimate of drug-likeness (QED) is 0.850. The highest BCUT2D eigenvalue weighted by Gasteiger charge is 2.18. The van der Waals surface area contributed by atoms with Gasteiger partial charge in [-0.05, 0) is 51.3 Å². The van der Waals surface area contributed by atoms with Gasteiger partial charge < -0.3 is 10.1 Å². The number of hydrogen-bond donors (Lipinski definition) is 1. The van der Waals surface area contributed by atoms with Crippen LogP contribution in [0.25, 0.3) is 0 Å². The molecule has 2 atom stereocenters. The summed E-state index contributed by atoms with van der Waals surface area (Å²) in [6.07, 6.45) is 7.16. The average molecular weight is 234 g/mol. The number of hydrogen-bond acceptors (Lipinski definition) is 3. The fraction of sp³-hybridized carbons (Fsp3) is 0.643. The first-order valence-corrected chi connectivity index (χ1v) is 6.51. The number of pyridine rings is 1. The molecule has 1 saturated heterocycles. The lowest BCUT2D eigenvalue weighted by Gasteiger charge is -2.18. The van der Waals surface area contributed by atoms with Crippen molar-refractivity contribution in [2.24, 2.45) is 0 Å². The maximum absolute atomic E-state index is 5.66. The molecular weight excluding hydrogens is 212 g/mol. The molecule has 1 fully saturated rings. The largest absolute Gasteiger partial charge is 0.378 e. The molecular formula is C14H22N2O. The Kier molecular flexibility index (Phi) is 4.51. The van der Waals surface area contributed by atoms with E-state index in [0.29, 0.717) is 12.1 Å². The molecule has 0 aromatic carbocycles. The third kappa shape index (κ3) is 3.51. The van der Waals surface area contributed by atoms with E-state index in [1.807, 2.05) is 20.2 Å². The molecule has 3 nitrogen and oxygen atoms in total. The molecule has 1 N–H and O–H groups in total. The van der Waals surface area contributed by atoms with Crippen LogP contribution < -0.4 is 5.32 Å². The van der Waals surface area contributed by atoms with Gasteiger partial charge in [0, 0.05) is 24.5 Å². The van der Waals surface area contributed by atoms with Crippen molar-refractivity contribution in [1.29, 1.82) is 0 Å². The SMILES string of the molecule is CNC(CCC1CCCO1)c1ccc(C)nc1. The van der Waals surface area contributed by atoms with Crippen LogP contribution in [-0.4, -0.2) is 24.7 Å². The second kappa shape index (κ2) is 6.12. The Bertz CT molecular complexity index is 331. The summed E-state index contributed by atoms with van der Waals surface area (Å²) < 4.78 is 5.66. The Morgan fingerprint density at radius 2 is 2.41 bits per heavy atom. The lowest BCUT2D eigenvalue weighted by Crippen LogP contribution is -2.19. The summed E-state index contributed by atoms with van der Waals surface area (Å²) in [7, 11) is 2.01. The predicted molar refractivity (Wildman–Crippen MR) is 69.0 cm³/mol. The van der Waals surface area contributed by atoms with Gasteiger partial charge in [0.2, 0.25) is 0 Å². The molecule has 0 bridgehead atoms. The molecule has 1 aromatic heterocycles. The lowest BCUT2D eigenvalue weighted by atomic mass is 10.0. The van der Waals surface area contributed by atoms with Crippen LogP contribution >= 0.6 is 0 Å². The first-order chi connectivity index (χ1) is 8.29. The second-order valence-electron chi connectivity index (χ2n) is 4.79. The van der Waals surface area contributed by atoms with Gasteiger partial charge in [-0.25, -0.2) is 0 Å². The Balaban J connectivity index is 1.89. The van der Waals surface area contributed by atoms with Crippen LogP contribution in [0, 0.1) is 6.92 Å². The summed E-state index contributed by atoms with van der Waals surface area (Å²) >= 11 is 0. The Labute approximate surface area is 104 Å². The van der Waals surface area contributed by atoms with E-state index in [1.54, 1.807) is 0 Å². The monoisotopic (exact) mass is 234 g/mol. The van der Waals surface area contributed by atoms with E-state index in [-0.39, 0.29) is 0 Å². The normalized spacial score (nSPS) is 21.6. The van der Waals surface area contributed by atoms with Crippen LogP contribution in [-0.2, 0) is 4.74 Å². The summed E-state index contributed by atoms with van der Waals surface area (Å²) in [5.74, 6) is 0. The lowest BCUT2D eigenvalue weighted by molar-refractivity contribution is 0.0998. The number of nitrogens with one attached hydrogen (secondary N) is 1. The smallest absolute Gasteiger partial charge is 0.0576 e. The van der Waals surface area contributed by atoms with Crippen LogP contribution in [0.15, 0.2) is 18.3 Å². The van der Waals surface area contributed by atoms with Gasteiger partial charge in [-0.1, -0.05) is 6.07 Å². The number of nitrogens with zero attached hydrogens (tertiary/aromatic N) is 1. The Hall–Kier alpha value is -0.930. The Morgan fingerprint density at radius 3 is 3.00 bits per heavy atom. The van der Waals surface area contributed by atoms with E-state index < -0.39 is 0 Å². The molecule has 2 heterocycles. The summed E-state index contributed by atoms with van der Waals surface area (Å²) in [6.45, 7) is 2.96. The molecule has 0 amide bonds. The zero-order valence-corrected chi connectivity index (χ0v) is 10.8. The van der Waals surface area contributed by atoms with Crippen molar-refractivity contribution >= 4 is 0 Å². The van der Waals surface area contributed by atoms with E-state index in [0.717, 1.165) is 25.1 Å². The number of ether oxygens (including phenoxy) is 1. The number of rotatable bonds is 5. The van der Waals surface area contributed by atoms with Gasteiger partial charge >= 0.3 is 0 Å². The molecule has 2 unspecified atom stereocenters. The minimum absolute atomic E-state index is 0.396. The highest BCUT2D eigenvalue weighted by atomic mass is 16.5. The fourth-order valence-electron chi connectivity index (χ4n) is 2.39. The first kappa shape index (κ1) is 12.5. The third-order valence-corrected chi connectivity index (χ3v) is 3.49. The predicted octanol–water partition coefficient (Wildman–Crippen LogP) is 2.61. The molecule has 1 aliphatic rings. The highest BCUT2D eigenvalue weighted by Crippen LogP contribution is 2.23. The Morgan fingerprint density at radius 1 is 1.53 bits per heavy atom. The summed E-state index contributed by atoms with van der Waals surface area (Å²) in [5.41, 5.74) is 2.35. The topological polar surface area (TPSA) is 34.1 Å². The molecule has 0 radical (unpaired) electrons. The van der Waals surface area contributed by atoms with Crippen molar-refractivity contribution in [2.75, 3.05) is 13.7 Å². The molecule has 0 saturated carbocycles. The minimum Gasteiger partial charge on any atom is -0.378 e. The molecule has 0 spiro atoms. The number of aromatic nitrogens is 1. The maximum atomic E-state index is 5.66. The van der Waals surface area contributed by atoms with Gasteiger partial charge in [0.05, 0.1) is 6.10 Å². The van der Waals surface area contributed by atoms with E-state index in [9.17, 15) is 0 Å². The summed E-state index contributed by atoms with van der Waals surface area (Å²) in [5, 5.41) is 3.37. The molecule has 1 aliphatic heterocycles. The van der Waals surface area contributed by atoms with Gasteiger partial charge in [0.25, 0.3) is 0 Å². The van der Waals surface area contributed by atoms with Crippen molar-refractivity contribution < 1.29 is 4.74 Å². The highest BCUT2D eigenvalue weighted by molar-refractivity contribution is 5.17. The van der Waals surface area contributed by atoms with E-state index >= 15 is 0 Å².